The molecule has 0 spiro atoms. The van der Waals surface area contributed by atoms with Crippen molar-refractivity contribution in [3.63, 3.8) is 0 Å². The first kappa shape index (κ1) is 13.9. The Labute approximate surface area is 114 Å². The predicted molar refractivity (Wildman–Crippen MR) is 71.8 cm³/mol. The van der Waals surface area contributed by atoms with Crippen LogP contribution in [0.5, 0.6) is 0 Å². The maximum Gasteiger partial charge on any atom is 0.230 e. The highest BCUT2D eigenvalue weighted by Crippen LogP contribution is 2.20. The van der Waals surface area contributed by atoms with Gasteiger partial charge in [-0.2, -0.15) is 0 Å². The lowest BCUT2D eigenvalue weighted by atomic mass is 9.89. The van der Waals surface area contributed by atoms with Gasteiger partial charge in [0, 0.05) is 25.5 Å². The standard InChI is InChI=1S/C14H21N3O2/c1-14(2,3)11-9-15-12(16-10-11)8-13(18)17-4-6-19-7-5-17/h9-10H,4-8H2,1-3H3. The van der Waals surface area contributed by atoms with Gasteiger partial charge in [-0.25, -0.2) is 9.97 Å². The molecule has 0 bridgehead atoms. The highest BCUT2D eigenvalue weighted by molar-refractivity contribution is 5.78. The van der Waals surface area contributed by atoms with Crippen molar-refractivity contribution in [1.82, 2.24) is 14.9 Å². The Balaban J connectivity index is 1.97. The van der Waals surface area contributed by atoms with Crippen molar-refractivity contribution in [2.24, 2.45) is 0 Å². The van der Waals surface area contributed by atoms with Crippen molar-refractivity contribution in [3.8, 4) is 0 Å². The van der Waals surface area contributed by atoms with E-state index >= 15 is 0 Å². The van der Waals surface area contributed by atoms with Crippen LogP contribution in [0.2, 0.25) is 0 Å². The Morgan fingerprint density at radius 1 is 1.26 bits per heavy atom. The van der Waals surface area contributed by atoms with Crippen LogP contribution < -0.4 is 0 Å². The maximum absolute atomic E-state index is 12.0. The highest BCUT2D eigenvalue weighted by atomic mass is 16.5. The number of carbonyl (C=O) groups is 1. The van der Waals surface area contributed by atoms with Gasteiger partial charge in [-0.3, -0.25) is 4.79 Å². The number of morpholine rings is 1. The minimum atomic E-state index is 0.0345. The number of carbonyl (C=O) groups excluding carboxylic acids is 1. The minimum absolute atomic E-state index is 0.0345. The lowest BCUT2D eigenvalue weighted by Gasteiger charge is -2.26. The van der Waals surface area contributed by atoms with Gasteiger partial charge in [0.05, 0.1) is 19.6 Å². The Kier molecular flexibility index (Phi) is 4.14. The quantitative estimate of drug-likeness (QED) is 0.804. The lowest BCUT2D eigenvalue weighted by molar-refractivity contribution is -0.134. The van der Waals surface area contributed by atoms with Crippen molar-refractivity contribution < 1.29 is 9.53 Å². The second-order valence-corrected chi connectivity index (χ2v) is 5.81. The van der Waals surface area contributed by atoms with E-state index in [1.165, 1.54) is 0 Å². The topological polar surface area (TPSA) is 55.3 Å². The number of amides is 1. The van der Waals surface area contributed by atoms with Crippen LogP contribution in [0.3, 0.4) is 0 Å². The van der Waals surface area contributed by atoms with E-state index in [2.05, 4.69) is 30.7 Å². The summed E-state index contributed by atoms with van der Waals surface area (Å²) >= 11 is 0. The first-order valence-electron chi connectivity index (χ1n) is 6.64. The number of hydrogen-bond donors (Lipinski definition) is 0. The third kappa shape index (κ3) is 3.73. The number of nitrogens with zero attached hydrogens (tertiary/aromatic N) is 3. The molecule has 0 radical (unpaired) electrons. The molecule has 1 aliphatic rings. The van der Waals surface area contributed by atoms with E-state index < -0.39 is 0 Å². The summed E-state index contributed by atoms with van der Waals surface area (Å²) in [6.07, 6.45) is 3.90. The first-order valence-corrected chi connectivity index (χ1v) is 6.64. The molecular weight excluding hydrogens is 242 g/mol. The lowest BCUT2D eigenvalue weighted by Crippen LogP contribution is -2.41. The van der Waals surface area contributed by atoms with E-state index in [1.54, 1.807) is 0 Å². The normalized spacial score (nSPS) is 16.5. The van der Waals surface area contributed by atoms with Crippen molar-refractivity contribution in [1.29, 1.82) is 0 Å². The third-order valence-corrected chi connectivity index (χ3v) is 3.24. The Morgan fingerprint density at radius 2 is 1.84 bits per heavy atom. The molecule has 1 fully saturated rings. The van der Waals surface area contributed by atoms with Crippen LogP contribution in [-0.2, 0) is 21.4 Å². The van der Waals surface area contributed by atoms with Gasteiger partial charge < -0.3 is 9.64 Å². The van der Waals surface area contributed by atoms with E-state index in [4.69, 9.17) is 4.74 Å². The Morgan fingerprint density at radius 3 is 2.37 bits per heavy atom. The van der Waals surface area contributed by atoms with Crippen molar-refractivity contribution in [3.05, 3.63) is 23.8 Å². The molecule has 0 unspecified atom stereocenters. The molecule has 104 valence electrons. The zero-order valence-electron chi connectivity index (χ0n) is 11.8. The molecule has 2 heterocycles. The summed E-state index contributed by atoms with van der Waals surface area (Å²) in [7, 11) is 0. The monoisotopic (exact) mass is 263 g/mol. The molecule has 0 aliphatic carbocycles. The SMILES string of the molecule is CC(C)(C)c1cnc(CC(=O)N2CCOCC2)nc1. The summed E-state index contributed by atoms with van der Waals surface area (Å²) in [5.74, 6) is 0.663. The average Bonchev–Trinajstić information content (AvgIpc) is 2.39. The molecule has 2 rings (SSSR count). The number of ether oxygens (including phenoxy) is 1. The van der Waals surface area contributed by atoms with E-state index in [9.17, 15) is 4.79 Å². The summed E-state index contributed by atoms with van der Waals surface area (Å²) in [5, 5.41) is 0. The highest BCUT2D eigenvalue weighted by Gasteiger charge is 2.19. The Hall–Kier alpha value is -1.49. The molecular formula is C14H21N3O2. The molecule has 1 amide bonds. The Bertz CT molecular complexity index is 431. The van der Waals surface area contributed by atoms with Crippen LogP contribution in [0.25, 0.3) is 0 Å². The fourth-order valence-electron chi connectivity index (χ4n) is 1.89. The molecule has 1 aromatic rings. The predicted octanol–water partition coefficient (Wildman–Crippen LogP) is 1.18. The maximum atomic E-state index is 12.0. The van der Waals surface area contributed by atoms with Gasteiger partial charge in [0.25, 0.3) is 0 Å². The van der Waals surface area contributed by atoms with E-state index in [0.29, 0.717) is 32.1 Å². The summed E-state index contributed by atoms with van der Waals surface area (Å²) < 4.78 is 5.23. The summed E-state index contributed by atoms with van der Waals surface area (Å²) in [5.41, 5.74) is 1.11. The fourth-order valence-corrected chi connectivity index (χ4v) is 1.89. The minimum Gasteiger partial charge on any atom is -0.378 e. The van der Waals surface area contributed by atoms with Crippen molar-refractivity contribution in [2.45, 2.75) is 32.6 Å². The number of rotatable bonds is 2. The molecule has 1 saturated heterocycles. The van der Waals surface area contributed by atoms with Crippen LogP contribution in [0, 0.1) is 0 Å². The van der Waals surface area contributed by atoms with Crippen LogP contribution in [-0.4, -0.2) is 47.1 Å². The van der Waals surface area contributed by atoms with Crippen LogP contribution >= 0.6 is 0 Å². The van der Waals surface area contributed by atoms with Crippen LogP contribution in [0.4, 0.5) is 0 Å². The summed E-state index contributed by atoms with van der Waals surface area (Å²) in [6, 6.07) is 0. The molecule has 19 heavy (non-hydrogen) atoms. The van der Waals surface area contributed by atoms with Gasteiger partial charge in [0.1, 0.15) is 5.82 Å². The van der Waals surface area contributed by atoms with Crippen LogP contribution in [0.15, 0.2) is 12.4 Å². The second kappa shape index (κ2) is 5.65. The molecule has 1 aliphatic heterocycles. The summed E-state index contributed by atoms with van der Waals surface area (Å²) in [4.78, 5) is 22.4. The van der Waals surface area contributed by atoms with E-state index in [-0.39, 0.29) is 17.7 Å². The van der Waals surface area contributed by atoms with E-state index in [0.717, 1.165) is 5.56 Å². The zero-order valence-corrected chi connectivity index (χ0v) is 11.8. The van der Waals surface area contributed by atoms with Gasteiger partial charge >= 0.3 is 0 Å². The van der Waals surface area contributed by atoms with Gasteiger partial charge in [0.2, 0.25) is 5.91 Å². The summed E-state index contributed by atoms with van der Waals surface area (Å²) in [6.45, 7) is 8.92. The van der Waals surface area contributed by atoms with Gasteiger partial charge in [-0.1, -0.05) is 20.8 Å². The van der Waals surface area contributed by atoms with Crippen LogP contribution in [0.1, 0.15) is 32.2 Å². The first-order chi connectivity index (χ1) is 8.97. The molecule has 0 N–H and O–H groups in total. The van der Waals surface area contributed by atoms with Gasteiger partial charge in [0.15, 0.2) is 0 Å². The largest absolute Gasteiger partial charge is 0.378 e. The molecule has 5 nitrogen and oxygen atoms in total. The second-order valence-electron chi connectivity index (χ2n) is 5.81. The average molecular weight is 263 g/mol. The third-order valence-electron chi connectivity index (χ3n) is 3.24. The zero-order chi connectivity index (χ0) is 13.9. The molecule has 5 heteroatoms. The smallest absolute Gasteiger partial charge is 0.230 e. The molecule has 0 saturated carbocycles. The number of aromatic nitrogens is 2. The molecule has 0 aromatic carbocycles. The fraction of sp³-hybridized carbons (Fsp3) is 0.643. The molecule has 0 atom stereocenters. The van der Waals surface area contributed by atoms with Crippen molar-refractivity contribution in [2.75, 3.05) is 26.3 Å². The number of hydrogen-bond acceptors (Lipinski definition) is 4. The van der Waals surface area contributed by atoms with Gasteiger partial charge in [-0.05, 0) is 11.0 Å². The molecule has 1 aromatic heterocycles. The van der Waals surface area contributed by atoms with Gasteiger partial charge in [-0.15, -0.1) is 0 Å². The van der Waals surface area contributed by atoms with Crippen molar-refractivity contribution >= 4 is 5.91 Å². The van der Waals surface area contributed by atoms with E-state index in [1.807, 2.05) is 17.3 Å².